The molecule has 0 saturated heterocycles. The number of rotatable bonds is 6. The van der Waals surface area contributed by atoms with Crippen molar-refractivity contribution in [2.45, 2.75) is 13.8 Å². The molecule has 0 aliphatic carbocycles. The molecule has 0 spiro atoms. The van der Waals surface area contributed by atoms with Gasteiger partial charge in [0, 0.05) is 5.56 Å². The number of methoxy groups -OCH3 is 1. The summed E-state index contributed by atoms with van der Waals surface area (Å²) in [5.74, 6) is 1.50. The molecular weight excluding hydrogens is 336 g/mol. The van der Waals surface area contributed by atoms with Crippen LogP contribution in [0.1, 0.15) is 24.2 Å². The van der Waals surface area contributed by atoms with Crippen molar-refractivity contribution in [2.75, 3.05) is 19.0 Å². The normalized spacial score (nSPS) is 10.2. The third-order valence-corrected chi connectivity index (χ3v) is 3.49. The van der Waals surface area contributed by atoms with E-state index in [1.165, 1.54) is 0 Å². The highest BCUT2D eigenvalue weighted by Gasteiger charge is 2.10. The van der Waals surface area contributed by atoms with Crippen LogP contribution in [0.5, 0.6) is 11.5 Å². The van der Waals surface area contributed by atoms with Gasteiger partial charge in [-0.25, -0.2) is 0 Å². The number of nitrogens with one attached hydrogen (secondary N) is 2. The molecule has 0 heterocycles. The fourth-order valence-electron chi connectivity index (χ4n) is 2.02. The summed E-state index contributed by atoms with van der Waals surface area (Å²) in [5, 5.41) is 5.88. The first-order chi connectivity index (χ1) is 12.0. The minimum Gasteiger partial charge on any atom is -0.497 e. The summed E-state index contributed by atoms with van der Waals surface area (Å²) >= 11 is 5.23. The van der Waals surface area contributed by atoms with Crippen LogP contribution in [0, 0.1) is 5.92 Å². The fourth-order valence-corrected chi connectivity index (χ4v) is 2.23. The molecule has 2 rings (SSSR count). The zero-order valence-electron chi connectivity index (χ0n) is 14.5. The van der Waals surface area contributed by atoms with Gasteiger partial charge in [0.1, 0.15) is 11.5 Å². The van der Waals surface area contributed by atoms with Crippen molar-refractivity contribution in [1.29, 1.82) is 0 Å². The topological polar surface area (TPSA) is 59.6 Å². The molecule has 2 aromatic carbocycles. The van der Waals surface area contributed by atoms with Gasteiger partial charge < -0.3 is 14.8 Å². The third-order valence-electron chi connectivity index (χ3n) is 3.29. The van der Waals surface area contributed by atoms with Gasteiger partial charge in [0.25, 0.3) is 5.91 Å². The number of hydrogen-bond donors (Lipinski definition) is 2. The van der Waals surface area contributed by atoms with Crippen LogP contribution in [0.3, 0.4) is 0 Å². The van der Waals surface area contributed by atoms with E-state index in [-0.39, 0.29) is 11.0 Å². The van der Waals surface area contributed by atoms with Gasteiger partial charge in [-0.15, -0.1) is 0 Å². The molecule has 25 heavy (non-hydrogen) atoms. The zero-order valence-corrected chi connectivity index (χ0v) is 15.4. The van der Waals surface area contributed by atoms with Crippen molar-refractivity contribution in [1.82, 2.24) is 5.32 Å². The molecular formula is C19H22N2O3S. The highest BCUT2D eigenvalue weighted by molar-refractivity contribution is 7.80. The van der Waals surface area contributed by atoms with Gasteiger partial charge >= 0.3 is 0 Å². The Morgan fingerprint density at radius 3 is 2.44 bits per heavy atom. The summed E-state index contributed by atoms with van der Waals surface area (Å²) in [6, 6.07) is 14.3. The molecule has 0 aliphatic heterocycles. The van der Waals surface area contributed by atoms with Crippen molar-refractivity contribution < 1.29 is 14.3 Å². The van der Waals surface area contributed by atoms with E-state index in [4.69, 9.17) is 21.7 Å². The van der Waals surface area contributed by atoms with Crippen molar-refractivity contribution in [3.8, 4) is 11.5 Å². The summed E-state index contributed by atoms with van der Waals surface area (Å²) < 4.78 is 10.8. The minimum absolute atomic E-state index is 0.210. The quantitative estimate of drug-likeness (QED) is 0.768. The Morgan fingerprint density at radius 2 is 1.80 bits per heavy atom. The van der Waals surface area contributed by atoms with Crippen molar-refractivity contribution in [3.05, 3.63) is 54.1 Å². The number of benzene rings is 2. The first kappa shape index (κ1) is 18.7. The molecule has 0 unspecified atom stereocenters. The predicted octanol–water partition coefficient (Wildman–Crippen LogP) is 3.86. The standard InChI is InChI=1S/C19H22N2O3S/c1-13(2)12-24-17-7-5-4-6-16(17)20-19(25)21-18(22)14-8-10-15(23-3)11-9-14/h4-11,13H,12H2,1-3H3,(H2,20,21,22,25). The number of para-hydroxylation sites is 2. The lowest BCUT2D eigenvalue weighted by atomic mass is 10.2. The molecule has 2 N–H and O–H groups in total. The molecule has 0 atom stereocenters. The fraction of sp³-hybridized carbons (Fsp3) is 0.263. The van der Waals surface area contributed by atoms with E-state index in [9.17, 15) is 4.79 Å². The van der Waals surface area contributed by atoms with Gasteiger partial charge in [-0.2, -0.15) is 0 Å². The maximum absolute atomic E-state index is 12.2. The third kappa shape index (κ3) is 5.76. The maximum atomic E-state index is 12.2. The van der Waals surface area contributed by atoms with E-state index in [1.54, 1.807) is 31.4 Å². The minimum atomic E-state index is -0.291. The molecule has 0 bridgehead atoms. The Bertz CT molecular complexity index is 730. The Morgan fingerprint density at radius 1 is 1.12 bits per heavy atom. The monoisotopic (exact) mass is 358 g/mol. The van der Waals surface area contributed by atoms with E-state index in [0.29, 0.717) is 35.3 Å². The van der Waals surface area contributed by atoms with Gasteiger partial charge in [-0.05, 0) is 54.5 Å². The average Bonchev–Trinajstić information content (AvgIpc) is 2.60. The SMILES string of the molecule is COc1ccc(C(=O)NC(=S)Nc2ccccc2OCC(C)C)cc1. The maximum Gasteiger partial charge on any atom is 0.257 e. The number of hydrogen-bond acceptors (Lipinski definition) is 4. The van der Waals surface area contributed by atoms with Crippen molar-refractivity contribution >= 4 is 28.9 Å². The molecule has 0 aliphatic rings. The van der Waals surface area contributed by atoms with E-state index in [1.807, 2.05) is 24.3 Å². The highest BCUT2D eigenvalue weighted by Crippen LogP contribution is 2.24. The number of anilines is 1. The summed E-state index contributed by atoms with van der Waals surface area (Å²) in [7, 11) is 1.58. The Labute approximate surface area is 153 Å². The summed E-state index contributed by atoms with van der Waals surface area (Å²) in [6.45, 7) is 4.76. The van der Waals surface area contributed by atoms with Crippen LogP contribution >= 0.6 is 12.2 Å². The van der Waals surface area contributed by atoms with Crippen LogP contribution in [0.2, 0.25) is 0 Å². The molecule has 1 amide bonds. The van der Waals surface area contributed by atoms with Crippen LogP contribution in [-0.4, -0.2) is 24.7 Å². The zero-order chi connectivity index (χ0) is 18.2. The molecule has 2 aromatic rings. The Hall–Kier alpha value is -2.60. The van der Waals surface area contributed by atoms with Crippen LogP contribution in [0.4, 0.5) is 5.69 Å². The lowest BCUT2D eigenvalue weighted by Crippen LogP contribution is -2.34. The summed E-state index contributed by atoms with van der Waals surface area (Å²) in [6.07, 6.45) is 0. The Balaban J connectivity index is 1.98. The second-order valence-electron chi connectivity index (χ2n) is 5.84. The second kappa shape index (κ2) is 9.03. The van der Waals surface area contributed by atoms with Crippen LogP contribution in [-0.2, 0) is 0 Å². The van der Waals surface area contributed by atoms with Gasteiger partial charge in [-0.3, -0.25) is 10.1 Å². The van der Waals surface area contributed by atoms with Gasteiger partial charge in [0.2, 0.25) is 0 Å². The highest BCUT2D eigenvalue weighted by atomic mass is 32.1. The summed E-state index contributed by atoms with van der Waals surface area (Å²) in [5.41, 5.74) is 1.21. The first-order valence-electron chi connectivity index (χ1n) is 7.98. The number of ether oxygens (including phenoxy) is 2. The van der Waals surface area contributed by atoms with E-state index >= 15 is 0 Å². The second-order valence-corrected chi connectivity index (χ2v) is 6.25. The first-order valence-corrected chi connectivity index (χ1v) is 8.38. The molecule has 5 nitrogen and oxygen atoms in total. The lowest BCUT2D eigenvalue weighted by Gasteiger charge is -2.15. The molecule has 132 valence electrons. The van der Waals surface area contributed by atoms with Gasteiger partial charge in [0.15, 0.2) is 5.11 Å². The molecule has 0 aromatic heterocycles. The van der Waals surface area contributed by atoms with E-state index in [0.717, 1.165) is 0 Å². The number of carbonyl (C=O) groups excluding carboxylic acids is 1. The largest absolute Gasteiger partial charge is 0.497 e. The Kier molecular flexibility index (Phi) is 6.77. The molecule has 0 saturated carbocycles. The van der Waals surface area contributed by atoms with Gasteiger partial charge in [0.05, 0.1) is 19.4 Å². The van der Waals surface area contributed by atoms with Crippen LogP contribution in [0.15, 0.2) is 48.5 Å². The number of carbonyl (C=O) groups is 1. The van der Waals surface area contributed by atoms with Crippen LogP contribution < -0.4 is 20.1 Å². The lowest BCUT2D eigenvalue weighted by molar-refractivity contribution is 0.0977. The predicted molar refractivity (Wildman–Crippen MR) is 103 cm³/mol. The molecule has 0 radical (unpaired) electrons. The van der Waals surface area contributed by atoms with Crippen LogP contribution in [0.25, 0.3) is 0 Å². The van der Waals surface area contributed by atoms with E-state index in [2.05, 4.69) is 24.5 Å². The summed E-state index contributed by atoms with van der Waals surface area (Å²) in [4.78, 5) is 12.2. The van der Waals surface area contributed by atoms with Gasteiger partial charge in [-0.1, -0.05) is 26.0 Å². The van der Waals surface area contributed by atoms with Crippen molar-refractivity contribution in [2.24, 2.45) is 5.92 Å². The number of amides is 1. The molecule has 0 fully saturated rings. The van der Waals surface area contributed by atoms with E-state index < -0.39 is 0 Å². The average molecular weight is 358 g/mol. The number of thiocarbonyl (C=S) groups is 1. The molecule has 6 heteroatoms. The van der Waals surface area contributed by atoms with Crippen molar-refractivity contribution in [3.63, 3.8) is 0 Å². The smallest absolute Gasteiger partial charge is 0.257 e.